The van der Waals surface area contributed by atoms with E-state index in [1.54, 1.807) is 0 Å². The van der Waals surface area contributed by atoms with Gasteiger partial charge in [0.15, 0.2) is 0 Å². The zero-order chi connectivity index (χ0) is 12.0. The lowest BCUT2D eigenvalue weighted by Crippen LogP contribution is -2.30. The maximum Gasteiger partial charge on any atom is 0.0731 e. The van der Waals surface area contributed by atoms with Crippen molar-refractivity contribution in [1.29, 1.82) is 0 Å². The summed E-state index contributed by atoms with van der Waals surface area (Å²) < 4.78 is 1.90. The standard InChI is InChI=1S/C14H18N2O/c1-14(17,10-7-8-10)9-12-11-5-3-4-6-13(11)16(2)15-12/h3-6,10,17H,7-9H2,1-2H3. The van der Waals surface area contributed by atoms with Crippen molar-refractivity contribution in [2.24, 2.45) is 13.0 Å². The van der Waals surface area contributed by atoms with Crippen LogP contribution in [-0.4, -0.2) is 20.5 Å². The Balaban J connectivity index is 2.00. The molecule has 0 saturated heterocycles. The van der Waals surface area contributed by atoms with Crippen molar-refractivity contribution in [1.82, 2.24) is 9.78 Å². The third kappa shape index (κ3) is 1.84. The maximum atomic E-state index is 10.4. The molecule has 0 aliphatic heterocycles. The van der Waals surface area contributed by atoms with Crippen LogP contribution in [-0.2, 0) is 13.5 Å². The zero-order valence-electron chi connectivity index (χ0n) is 10.3. The molecule has 0 bridgehead atoms. The van der Waals surface area contributed by atoms with Crippen molar-refractivity contribution < 1.29 is 5.11 Å². The summed E-state index contributed by atoms with van der Waals surface area (Å²) in [6, 6.07) is 8.20. The summed E-state index contributed by atoms with van der Waals surface area (Å²) in [5, 5.41) is 16.1. The number of benzene rings is 1. The van der Waals surface area contributed by atoms with Crippen LogP contribution in [0.1, 0.15) is 25.5 Å². The van der Waals surface area contributed by atoms with Crippen LogP contribution in [0.4, 0.5) is 0 Å². The van der Waals surface area contributed by atoms with Crippen molar-refractivity contribution in [3.63, 3.8) is 0 Å². The Kier molecular flexibility index (Phi) is 2.26. The van der Waals surface area contributed by atoms with E-state index in [1.807, 2.05) is 30.8 Å². The van der Waals surface area contributed by atoms with E-state index in [1.165, 1.54) is 0 Å². The zero-order valence-corrected chi connectivity index (χ0v) is 10.3. The average molecular weight is 230 g/mol. The Morgan fingerprint density at radius 2 is 2.12 bits per heavy atom. The quantitative estimate of drug-likeness (QED) is 0.878. The van der Waals surface area contributed by atoms with Crippen LogP contribution in [0.15, 0.2) is 24.3 Å². The Morgan fingerprint density at radius 3 is 2.82 bits per heavy atom. The van der Waals surface area contributed by atoms with Gasteiger partial charge in [0.05, 0.1) is 16.8 Å². The SMILES string of the molecule is Cn1nc(CC(C)(O)C2CC2)c2ccccc21. The number of hydrogen-bond donors (Lipinski definition) is 1. The molecule has 1 aliphatic rings. The number of aryl methyl sites for hydroxylation is 1. The molecule has 3 rings (SSSR count). The lowest BCUT2D eigenvalue weighted by Gasteiger charge is -2.21. The van der Waals surface area contributed by atoms with Gasteiger partial charge in [-0.3, -0.25) is 4.68 Å². The molecular formula is C14H18N2O. The Morgan fingerprint density at radius 1 is 1.41 bits per heavy atom. The first-order chi connectivity index (χ1) is 8.08. The van der Waals surface area contributed by atoms with Crippen LogP contribution in [0, 0.1) is 5.92 Å². The molecule has 90 valence electrons. The minimum atomic E-state index is -0.600. The predicted octanol–water partition coefficient (Wildman–Crippen LogP) is 2.28. The van der Waals surface area contributed by atoms with Gasteiger partial charge in [0, 0.05) is 18.9 Å². The van der Waals surface area contributed by atoms with Gasteiger partial charge in [-0.1, -0.05) is 18.2 Å². The number of hydrogen-bond acceptors (Lipinski definition) is 2. The lowest BCUT2D eigenvalue weighted by atomic mass is 9.93. The molecule has 1 unspecified atom stereocenters. The number of nitrogens with zero attached hydrogens (tertiary/aromatic N) is 2. The number of fused-ring (bicyclic) bond motifs is 1. The number of rotatable bonds is 3. The smallest absolute Gasteiger partial charge is 0.0731 e. The van der Waals surface area contributed by atoms with E-state index in [9.17, 15) is 5.11 Å². The molecule has 0 radical (unpaired) electrons. The van der Waals surface area contributed by atoms with Crippen LogP contribution < -0.4 is 0 Å². The molecule has 0 amide bonds. The number of aliphatic hydroxyl groups is 1. The molecule has 1 atom stereocenters. The lowest BCUT2D eigenvalue weighted by molar-refractivity contribution is 0.0364. The third-order valence-corrected chi connectivity index (χ3v) is 3.82. The van der Waals surface area contributed by atoms with Gasteiger partial charge in [-0.25, -0.2) is 0 Å². The summed E-state index contributed by atoms with van der Waals surface area (Å²) in [6.07, 6.45) is 2.95. The molecule has 1 saturated carbocycles. The van der Waals surface area contributed by atoms with Crippen LogP contribution in [0.3, 0.4) is 0 Å². The van der Waals surface area contributed by atoms with Gasteiger partial charge in [-0.15, -0.1) is 0 Å². The fourth-order valence-electron chi connectivity index (χ4n) is 2.61. The van der Waals surface area contributed by atoms with Crippen molar-refractivity contribution >= 4 is 10.9 Å². The second-order valence-electron chi connectivity index (χ2n) is 5.40. The summed E-state index contributed by atoms with van der Waals surface area (Å²) >= 11 is 0. The molecule has 1 aromatic carbocycles. The van der Waals surface area contributed by atoms with Crippen molar-refractivity contribution in [3.8, 4) is 0 Å². The number of aromatic nitrogens is 2. The molecule has 1 aromatic heterocycles. The molecule has 3 nitrogen and oxygen atoms in total. The summed E-state index contributed by atoms with van der Waals surface area (Å²) in [4.78, 5) is 0. The first kappa shape index (κ1) is 10.8. The van der Waals surface area contributed by atoms with Crippen LogP contribution >= 0.6 is 0 Å². The molecular weight excluding hydrogens is 212 g/mol. The van der Waals surface area contributed by atoms with Gasteiger partial charge in [0.25, 0.3) is 0 Å². The van der Waals surface area contributed by atoms with Crippen molar-refractivity contribution in [2.75, 3.05) is 0 Å². The van der Waals surface area contributed by atoms with Crippen LogP contribution in [0.2, 0.25) is 0 Å². The van der Waals surface area contributed by atoms with Crippen molar-refractivity contribution in [2.45, 2.75) is 31.8 Å². The normalized spacial score (nSPS) is 19.5. The van der Waals surface area contributed by atoms with Gasteiger partial charge in [0.2, 0.25) is 0 Å². The maximum absolute atomic E-state index is 10.4. The van der Waals surface area contributed by atoms with E-state index in [0.29, 0.717) is 12.3 Å². The van der Waals surface area contributed by atoms with Gasteiger partial charge < -0.3 is 5.11 Å². The second kappa shape index (κ2) is 3.57. The third-order valence-electron chi connectivity index (χ3n) is 3.82. The Bertz CT molecular complexity index is 552. The molecule has 2 aromatic rings. The van der Waals surface area contributed by atoms with E-state index < -0.39 is 5.60 Å². The van der Waals surface area contributed by atoms with Gasteiger partial charge in [0.1, 0.15) is 0 Å². The monoisotopic (exact) mass is 230 g/mol. The van der Waals surface area contributed by atoms with Gasteiger partial charge >= 0.3 is 0 Å². The highest BCUT2D eigenvalue weighted by molar-refractivity contribution is 5.81. The fourth-order valence-corrected chi connectivity index (χ4v) is 2.61. The van der Waals surface area contributed by atoms with Gasteiger partial charge in [-0.2, -0.15) is 5.10 Å². The highest BCUT2D eigenvalue weighted by Gasteiger charge is 2.40. The molecule has 1 heterocycles. The molecule has 1 fully saturated rings. The highest BCUT2D eigenvalue weighted by atomic mass is 16.3. The largest absolute Gasteiger partial charge is 0.389 e. The summed E-state index contributed by atoms with van der Waals surface area (Å²) in [6.45, 7) is 1.94. The fraction of sp³-hybridized carbons (Fsp3) is 0.500. The summed E-state index contributed by atoms with van der Waals surface area (Å²) in [5.41, 5.74) is 1.55. The molecule has 1 N–H and O–H groups in total. The van der Waals surface area contributed by atoms with E-state index >= 15 is 0 Å². The van der Waals surface area contributed by atoms with E-state index in [2.05, 4.69) is 17.2 Å². The van der Waals surface area contributed by atoms with Gasteiger partial charge in [-0.05, 0) is 31.7 Å². The van der Waals surface area contributed by atoms with E-state index in [4.69, 9.17) is 0 Å². The Hall–Kier alpha value is -1.35. The number of para-hydroxylation sites is 1. The van der Waals surface area contributed by atoms with Crippen LogP contribution in [0.5, 0.6) is 0 Å². The minimum absolute atomic E-state index is 0.461. The minimum Gasteiger partial charge on any atom is -0.389 e. The first-order valence-corrected chi connectivity index (χ1v) is 6.21. The molecule has 0 spiro atoms. The molecule has 17 heavy (non-hydrogen) atoms. The van der Waals surface area contributed by atoms with Crippen LogP contribution in [0.25, 0.3) is 10.9 Å². The van der Waals surface area contributed by atoms with E-state index in [0.717, 1.165) is 29.4 Å². The summed E-state index contributed by atoms with van der Waals surface area (Å²) in [5.74, 6) is 0.461. The average Bonchev–Trinajstić information content (AvgIpc) is 3.08. The second-order valence-corrected chi connectivity index (χ2v) is 5.40. The first-order valence-electron chi connectivity index (χ1n) is 6.21. The Labute approximate surface area is 101 Å². The predicted molar refractivity (Wildman–Crippen MR) is 67.8 cm³/mol. The summed E-state index contributed by atoms with van der Waals surface area (Å²) in [7, 11) is 1.96. The molecule has 1 aliphatic carbocycles. The van der Waals surface area contributed by atoms with E-state index in [-0.39, 0.29) is 0 Å². The topological polar surface area (TPSA) is 38.0 Å². The highest BCUT2D eigenvalue weighted by Crippen LogP contribution is 2.41. The van der Waals surface area contributed by atoms with Crippen molar-refractivity contribution in [3.05, 3.63) is 30.0 Å². The molecule has 3 heteroatoms.